The molecule has 1 aromatic heterocycles. The fourth-order valence-corrected chi connectivity index (χ4v) is 4.47. The summed E-state index contributed by atoms with van der Waals surface area (Å²) in [6, 6.07) is 6.22. The molecule has 9 heteroatoms. The molecule has 0 bridgehead atoms. The predicted molar refractivity (Wildman–Crippen MR) is 127 cm³/mol. The van der Waals surface area contributed by atoms with E-state index in [9.17, 15) is 24.3 Å². The van der Waals surface area contributed by atoms with E-state index in [1.807, 2.05) is 32.0 Å². The van der Waals surface area contributed by atoms with Gasteiger partial charge < -0.3 is 25.5 Å². The highest BCUT2D eigenvalue weighted by Crippen LogP contribution is 2.28. The Balaban J connectivity index is 1.75. The number of aromatic nitrogens is 1. The van der Waals surface area contributed by atoms with Gasteiger partial charge in [0.05, 0.1) is 18.8 Å². The highest BCUT2D eigenvalue weighted by Gasteiger charge is 2.33. The molecule has 2 heterocycles. The summed E-state index contributed by atoms with van der Waals surface area (Å²) in [5.74, 6) is -1.64. The van der Waals surface area contributed by atoms with Gasteiger partial charge in [-0.05, 0) is 43.4 Å². The zero-order chi connectivity index (χ0) is 24.8. The molecular weight excluding hydrogens is 438 g/mol. The Morgan fingerprint density at radius 3 is 2.65 bits per heavy atom. The molecule has 1 unspecified atom stereocenters. The minimum Gasteiger partial charge on any atom is -0.496 e. The molecule has 2 amide bonds. The van der Waals surface area contributed by atoms with Crippen molar-refractivity contribution in [2.75, 3.05) is 20.3 Å². The summed E-state index contributed by atoms with van der Waals surface area (Å²) in [5.41, 5.74) is 1.14. The lowest BCUT2D eigenvalue weighted by Gasteiger charge is -2.23. The van der Waals surface area contributed by atoms with Crippen LogP contribution in [0.2, 0.25) is 0 Å². The summed E-state index contributed by atoms with van der Waals surface area (Å²) in [6.45, 7) is 3.71. The second kappa shape index (κ2) is 11.3. The van der Waals surface area contributed by atoms with E-state index in [-0.39, 0.29) is 30.4 Å². The van der Waals surface area contributed by atoms with Gasteiger partial charge in [0.1, 0.15) is 12.4 Å². The Morgan fingerprint density at radius 1 is 1.26 bits per heavy atom. The van der Waals surface area contributed by atoms with E-state index in [0.29, 0.717) is 30.8 Å². The zero-order valence-corrected chi connectivity index (χ0v) is 19.8. The third-order valence-electron chi connectivity index (χ3n) is 6.25. The minimum atomic E-state index is -0.978. The largest absolute Gasteiger partial charge is 0.496 e. The molecule has 2 aromatic rings. The van der Waals surface area contributed by atoms with Gasteiger partial charge >= 0.3 is 0 Å². The van der Waals surface area contributed by atoms with E-state index in [1.54, 1.807) is 13.2 Å². The Kier molecular flexibility index (Phi) is 8.44. The Labute approximate surface area is 198 Å². The molecule has 0 spiro atoms. The van der Waals surface area contributed by atoms with Crippen LogP contribution in [0, 0.1) is 17.8 Å². The van der Waals surface area contributed by atoms with E-state index in [0.717, 1.165) is 10.9 Å². The number of ether oxygens (including phenoxy) is 1. The first kappa shape index (κ1) is 25.4. The van der Waals surface area contributed by atoms with E-state index in [1.165, 1.54) is 0 Å². The lowest BCUT2D eigenvalue weighted by Crippen LogP contribution is -2.46. The highest BCUT2D eigenvalue weighted by molar-refractivity contribution is 6.02. The number of ketones is 2. The van der Waals surface area contributed by atoms with Crippen molar-refractivity contribution < 1.29 is 29.0 Å². The van der Waals surface area contributed by atoms with Crippen LogP contribution in [0.15, 0.2) is 24.3 Å². The van der Waals surface area contributed by atoms with Crippen LogP contribution in [0.1, 0.15) is 50.0 Å². The van der Waals surface area contributed by atoms with Gasteiger partial charge in [-0.1, -0.05) is 19.9 Å². The van der Waals surface area contributed by atoms with Crippen LogP contribution in [-0.2, 0) is 14.4 Å². The number of Topliss-reactive ketones (excluding diaryl/α,β-unsaturated/α-hetero) is 2. The van der Waals surface area contributed by atoms with E-state index in [2.05, 4.69) is 15.6 Å². The average molecular weight is 472 g/mol. The second-order valence-corrected chi connectivity index (χ2v) is 9.26. The molecule has 0 radical (unpaired) electrons. The van der Waals surface area contributed by atoms with Gasteiger partial charge in [-0.3, -0.25) is 19.2 Å². The Bertz CT molecular complexity index is 1060. The number of H-pyrrole nitrogens is 1. The summed E-state index contributed by atoms with van der Waals surface area (Å²) in [5, 5.41) is 15.6. The van der Waals surface area contributed by atoms with Crippen molar-refractivity contribution >= 4 is 34.3 Å². The van der Waals surface area contributed by atoms with Crippen LogP contribution in [0.3, 0.4) is 0 Å². The van der Waals surface area contributed by atoms with Gasteiger partial charge in [0.25, 0.3) is 0 Å². The maximum atomic E-state index is 13.2. The maximum absolute atomic E-state index is 13.2. The van der Waals surface area contributed by atoms with Gasteiger partial charge in [0.2, 0.25) is 11.8 Å². The van der Waals surface area contributed by atoms with E-state index < -0.39 is 36.2 Å². The number of amides is 2. The fraction of sp³-hybridized carbons (Fsp3) is 0.520. The topological polar surface area (TPSA) is 138 Å². The second-order valence-electron chi connectivity index (χ2n) is 9.26. The number of aliphatic hydroxyl groups is 1. The molecule has 1 aromatic carbocycles. The lowest BCUT2D eigenvalue weighted by atomic mass is 9.89. The van der Waals surface area contributed by atoms with Crippen LogP contribution >= 0.6 is 0 Å². The molecule has 0 saturated carbocycles. The quantitative estimate of drug-likeness (QED) is 0.349. The van der Waals surface area contributed by atoms with Crippen molar-refractivity contribution in [3.63, 3.8) is 0 Å². The molecule has 3 rings (SSSR count). The number of fused-ring (bicyclic) bond motifs is 1. The monoisotopic (exact) mass is 471 g/mol. The number of benzene rings is 1. The smallest absolute Gasteiger partial charge is 0.224 e. The maximum Gasteiger partial charge on any atom is 0.224 e. The molecule has 9 nitrogen and oxygen atoms in total. The molecule has 1 aliphatic rings. The number of hydrogen-bond acceptors (Lipinski definition) is 6. The fourth-order valence-electron chi connectivity index (χ4n) is 4.47. The summed E-state index contributed by atoms with van der Waals surface area (Å²) in [4.78, 5) is 53.6. The third kappa shape index (κ3) is 6.02. The number of nitrogens with one attached hydrogen (secondary N) is 3. The van der Waals surface area contributed by atoms with Crippen LogP contribution in [-0.4, -0.2) is 59.8 Å². The molecule has 1 fully saturated rings. The van der Waals surface area contributed by atoms with Gasteiger partial charge in [-0.15, -0.1) is 0 Å². The standard InChI is InChI=1S/C25H33N3O6/c1-14(2)9-16(11-21(30)20-12-17-18(27-20)5-4-6-23(17)34-3)25(33)28-19(22(31)13-29)10-15-7-8-26-24(15)32/h4-6,12,14-16,19,27,29H,7-11,13H2,1-3H3,(H,26,32)(H,28,33)/t15?,16-,19-/m0/s1. The van der Waals surface area contributed by atoms with Crippen molar-refractivity contribution in [1.29, 1.82) is 0 Å². The number of hydrogen-bond donors (Lipinski definition) is 4. The number of rotatable bonds is 12. The van der Waals surface area contributed by atoms with E-state index >= 15 is 0 Å². The molecule has 184 valence electrons. The highest BCUT2D eigenvalue weighted by atomic mass is 16.5. The molecule has 4 N–H and O–H groups in total. The van der Waals surface area contributed by atoms with Crippen LogP contribution in [0.25, 0.3) is 10.9 Å². The van der Waals surface area contributed by atoms with E-state index in [4.69, 9.17) is 4.74 Å². The third-order valence-corrected chi connectivity index (χ3v) is 6.25. The lowest BCUT2D eigenvalue weighted by molar-refractivity contribution is -0.132. The van der Waals surface area contributed by atoms with Crippen LogP contribution in [0.5, 0.6) is 5.75 Å². The molecule has 1 aliphatic heterocycles. The first-order valence-corrected chi connectivity index (χ1v) is 11.6. The average Bonchev–Trinajstić information content (AvgIpc) is 3.43. The normalized spacial score (nSPS) is 17.4. The van der Waals surface area contributed by atoms with Gasteiger partial charge in [-0.25, -0.2) is 0 Å². The van der Waals surface area contributed by atoms with Gasteiger partial charge in [0, 0.05) is 35.7 Å². The van der Waals surface area contributed by atoms with Crippen molar-refractivity contribution in [1.82, 2.24) is 15.6 Å². The Morgan fingerprint density at radius 2 is 2.03 bits per heavy atom. The minimum absolute atomic E-state index is 0.0386. The first-order valence-electron chi connectivity index (χ1n) is 11.6. The molecular formula is C25H33N3O6. The number of carbonyl (C=O) groups excluding carboxylic acids is 4. The zero-order valence-electron chi connectivity index (χ0n) is 19.8. The molecule has 0 aliphatic carbocycles. The number of carbonyl (C=O) groups is 4. The molecule has 1 saturated heterocycles. The summed E-state index contributed by atoms with van der Waals surface area (Å²) >= 11 is 0. The Hall–Kier alpha value is -3.20. The van der Waals surface area contributed by atoms with Crippen molar-refractivity contribution in [2.24, 2.45) is 17.8 Å². The molecule has 34 heavy (non-hydrogen) atoms. The van der Waals surface area contributed by atoms with Crippen LogP contribution < -0.4 is 15.4 Å². The SMILES string of the molecule is COc1cccc2[nH]c(C(=O)C[C@H](CC(C)C)C(=O)N[C@@H](CC3CCNC3=O)C(=O)CO)cc12. The van der Waals surface area contributed by atoms with Crippen molar-refractivity contribution in [3.8, 4) is 5.75 Å². The molecule has 3 atom stereocenters. The summed E-state index contributed by atoms with van der Waals surface area (Å²) in [7, 11) is 1.56. The van der Waals surface area contributed by atoms with Crippen molar-refractivity contribution in [2.45, 2.75) is 45.6 Å². The van der Waals surface area contributed by atoms with Gasteiger partial charge in [0.15, 0.2) is 11.6 Å². The number of methoxy groups -OCH3 is 1. The summed E-state index contributed by atoms with van der Waals surface area (Å²) in [6.07, 6.45) is 1.11. The van der Waals surface area contributed by atoms with Gasteiger partial charge in [-0.2, -0.15) is 0 Å². The van der Waals surface area contributed by atoms with Crippen LogP contribution in [0.4, 0.5) is 0 Å². The predicted octanol–water partition coefficient (Wildman–Crippen LogP) is 1.98. The first-order chi connectivity index (χ1) is 16.2. The number of aromatic amines is 1. The number of aliphatic hydroxyl groups excluding tert-OH is 1. The van der Waals surface area contributed by atoms with Crippen molar-refractivity contribution in [3.05, 3.63) is 30.0 Å². The summed E-state index contributed by atoms with van der Waals surface area (Å²) < 4.78 is 5.36.